The second kappa shape index (κ2) is 7.06. The molecule has 1 aliphatic rings. The van der Waals surface area contributed by atoms with Crippen LogP contribution < -0.4 is 16.6 Å². The van der Waals surface area contributed by atoms with E-state index < -0.39 is 17.2 Å². The van der Waals surface area contributed by atoms with Gasteiger partial charge in [-0.3, -0.25) is 14.2 Å². The first-order valence-electron chi connectivity index (χ1n) is 8.28. The molecule has 0 saturated carbocycles. The summed E-state index contributed by atoms with van der Waals surface area (Å²) < 4.78 is 6.51. The van der Waals surface area contributed by atoms with Gasteiger partial charge in [-0.2, -0.15) is 0 Å². The van der Waals surface area contributed by atoms with Crippen LogP contribution in [-0.4, -0.2) is 28.2 Å². The zero-order valence-corrected chi connectivity index (χ0v) is 14.3. The van der Waals surface area contributed by atoms with Crippen molar-refractivity contribution in [1.29, 1.82) is 0 Å². The third-order valence-corrected chi connectivity index (χ3v) is 4.36. The fourth-order valence-electron chi connectivity index (χ4n) is 2.89. The van der Waals surface area contributed by atoms with Crippen LogP contribution in [0, 0.1) is 13.8 Å². The van der Waals surface area contributed by atoms with Crippen molar-refractivity contribution >= 4 is 11.6 Å². The van der Waals surface area contributed by atoms with Crippen LogP contribution in [0.2, 0.25) is 0 Å². The van der Waals surface area contributed by atoms with E-state index in [0.717, 1.165) is 34.7 Å². The number of nitrogens with zero attached hydrogens (tertiary/aromatic N) is 1. The number of aromatic nitrogens is 2. The molecule has 1 atom stereocenters. The number of hydrogen-bond acceptors (Lipinski definition) is 4. The van der Waals surface area contributed by atoms with Crippen molar-refractivity contribution in [2.45, 2.75) is 39.3 Å². The molecule has 1 aromatic carbocycles. The Bertz CT molecular complexity index is 907. The van der Waals surface area contributed by atoms with E-state index in [4.69, 9.17) is 4.74 Å². The van der Waals surface area contributed by atoms with E-state index in [1.807, 2.05) is 32.0 Å². The summed E-state index contributed by atoms with van der Waals surface area (Å²) in [4.78, 5) is 39.6. The largest absolute Gasteiger partial charge is 0.376 e. The first kappa shape index (κ1) is 17.2. The smallest absolute Gasteiger partial charge is 0.328 e. The van der Waals surface area contributed by atoms with Gasteiger partial charge < -0.3 is 15.0 Å². The van der Waals surface area contributed by atoms with Crippen LogP contribution in [0.25, 0.3) is 0 Å². The van der Waals surface area contributed by atoms with Gasteiger partial charge in [0.2, 0.25) is 0 Å². The Morgan fingerprint density at radius 3 is 2.88 bits per heavy atom. The summed E-state index contributed by atoms with van der Waals surface area (Å²) in [6, 6.07) is 5.68. The number of nitrogens with one attached hydrogen (secondary N) is 2. The highest BCUT2D eigenvalue weighted by atomic mass is 16.5. The normalized spacial score (nSPS) is 16.8. The molecule has 0 aliphatic carbocycles. The predicted molar refractivity (Wildman–Crippen MR) is 94.2 cm³/mol. The lowest BCUT2D eigenvalue weighted by Gasteiger charge is -2.12. The van der Waals surface area contributed by atoms with Gasteiger partial charge in [0.25, 0.3) is 11.5 Å². The molecule has 1 saturated heterocycles. The SMILES string of the molecule is Cc1ccc(C)c(NC(=O)c2c[nH]c(=O)n(CC3CCCO3)c2=O)c1. The second-order valence-electron chi connectivity index (χ2n) is 6.33. The highest BCUT2D eigenvalue weighted by Gasteiger charge is 2.21. The molecule has 1 fully saturated rings. The van der Waals surface area contributed by atoms with Gasteiger partial charge in [0, 0.05) is 18.5 Å². The van der Waals surface area contributed by atoms with E-state index in [2.05, 4.69) is 10.3 Å². The van der Waals surface area contributed by atoms with Gasteiger partial charge in [-0.15, -0.1) is 0 Å². The molecular formula is C18H21N3O4. The average Bonchev–Trinajstić information content (AvgIpc) is 3.08. The van der Waals surface area contributed by atoms with Gasteiger partial charge in [-0.05, 0) is 43.9 Å². The summed E-state index contributed by atoms with van der Waals surface area (Å²) in [7, 11) is 0. The van der Waals surface area contributed by atoms with Crippen LogP contribution in [0.4, 0.5) is 5.69 Å². The lowest BCUT2D eigenvalue weighted by molar-refractivity contribution is 0.0941. The number of rotatable bonds is 4. The first-order chi connectivity index (χ1) is 12.0. The van der Waals surface area contributed by atoms with Gasteiger partial charge in [-0.1, -0.05) is 12.1 Å². The molecule has 7 nitrogen and oxygen atoms in total. The number of carbonyl (C=O) groups excluding carboxylic acids is 1. The molecule has 1 aromatic heterocycles. The Balaban J connectivity index is 1.89. The van der Waals surface area contributed by atoms with Gasteiger partial charge in [-0.25, -0.2) is 4.79 Å². The first-order valence-corrected chi connectivity index (χ1v) is 8.28. The van der Waals surface area contributed by atoms with Crippen LogP contribution in [0.3, 0.4) is 0 Å². The Labute approximate surface area is 144 Å². The van der Waals surface area contributed by atoms with Crippen molar-refractivity contribution < 1.29 is 9.53 Å². The maximum Gasteiger partial charge on any atom is 0.328 e. The highest BCUT2D eigenvalue weighted by molar-refractivity contribution is 6.04. The third-order valence-electron chi connectivity index (χ3n) is 4.36. The van der Waals surface area contributed by atoms with Gasteiger partial charge in [0.05, 0.1) is 12.6 Å². The zero-order valence-electron chi connectivity index (χ0n) is 14.3. The standard InChI is InChI=1S/C18H21N3O4/c1-11-5-6-12(2)15(8-11)20-16(22)14-9-19-18(24)21(17(14)23)10-13-4-3-7-25-13/h5-6,8-9,13H,3-4,7,10H2,1-2H3,(H,19,24)(H,20,22). The summed E-state index contributed by atoms with van der Waals surface area (Å²) in [5, 5.41) is 2.74. The number of hydrogen-bond donors (Lipinski definition) is 2. The van der Waals surface area contributed by atoms with E-state index in [1.54, 1.807) is 0 Å². The monoisotopic (exact) mass is 343 g/mol. The Kier molecular flexibility index (Phi) is 4.85. The third kappa shape index (κ3) is 3.71. The zero-order chi connectivity index (χ0) is 18.0. The molecule has 25 heavy (non-hydrogen) atoms. The Hall–Kier alpha value is -2.67. The molecule has 2 aromatic rings. The van der Waals surface area contributed by atoms with Crippen LogP contribution in [0.15, 0.2) is 34.0 Å². The molecule has 0 spiro atoms. The average molecular weight is 343 g/mol. The lowest BCUT2D eigenvalue weighted by Crippen LogP contribution is -2.41. The quantitative estimate of drug-likeness (QED) is 0.881. The number of anilines is 1. The molecule has 2 N–H and O–H groups in total. The maximum absolute atomic E-state index is 12.6. The van der Waals surface area contributed by atoms with Crippen LogP contribution in [0.5, 0.6) is 0 Å². The van der Waals surface area contributed by atoms with E-state index in [9.17, 15) is 14.4 Å². The van der Waals surface area contributed by atoms with Crippen molar-refractivity contribution in [2.75, 3.05) is 11.9 Å². The number of ether oxygens (including phenoxy) is 1. The van der Waals surface area contributed by atoms with Crippen molar-refractivity contribution in [3.63, 3.8) is 0 Å². The minimum atomic E-state index is -0.609. The molecule has 3 rings (SSSR count). The molecule has 7 heteroatoms. The Morgan fingerprint density at radius 2 is 2.16 bits per heavy atom. The molecule has 0 bridgehead atoms. The number of aryl methyl sites for hydroxylation is 2. The molecule has 132 valence electrons. The molecule has 1 unspecified atom stereocenters. The molecule has 1 aliphatic heterocycles. The lowest BCUT2D eigenvalue weighted by atomic mass is 10.1. The molecular weight excluding hydrogens is 322 g/mol. The highest BCUT2D eigenvalue weighted by Crippen LogP contribution is 2.17. The summed E-state index contributed by atoms with van der Waals surface area (Å²) in [6.45, 7) is 4.57. The van der Waals surface area contributed by atoms with Crippen molar-refractivity contribution in [3.8, 4) is 0 Å². The topological polar surface area (TPSA) is 93.2 Å². The predicted octanol–water partition coefficient (Wildman–Crippen LogP) is 1.58. The van der Waals surface area contributed by atoms with Crippen LogP contribution in [-0.2, 0) is 11.3 Å². The minimum absolute atomic E-state index is 0.0986. The number of amides is 1. The van der Waals surface area contributed by atoms with Crippen molar-refractivity contribution in [1.82, 2.24) is 9.55 Å². The van der Waals surface area contributed by atoms with E-state index in [-0.39, 0.29) is 18.2 Å². The summed E-state index contributed by atoms with van der Waals surface area (Å²) in [6.07, 6.45) is 2.70. The number of H-pyrrole nitrogens is 1. The van der Waals surface area contributed by atoms with Gasteiger partial charge in [0.15, 0.2) is 0 Å². The van der Waals surface area contributed by atoms with Gasteiger partial charge >= 0.3 is 5.69 Å². The maximum atomic E-state index is 12.6. The van der Waals surface area contributed by atoms with E-state index in [1.165, 1.54) is 0 Å². The number of carbonyl (C=O) groups is 1. The van der Waals surface area contributed by atoms with Gasteiger partial charge in [0.1, 0.15) is 5.56 Å². The van der Waals surface area contributed by atoms with E-state index in [0.29, 0.717) is 12.3 Å². The van der Waals surface area contributed by atoms with Crippen LogP contribution in [0.1, 0.15) is 34.3 Å². The number of aromatic amines is 1. The number of benzene rings is 1. The summed E-state index contributed by atoms with van der Waals surface area (Å²) in [5.74, 6) is -0.545. The van der Waals surface area contributed by atoms with Crippen molar-refractivity contribution in [3.05, 3.63) is 61.9 Å². The fourth-order valence-corrected chi connectivity index (χ4v) is 2.89. The molecule has 1 amide bonds. The van der Waals surface area contributed by atoms with E-state index >= 15 is 0 Å². The van der Waals surface area contributed by atoms with Crippen molar-refractivity contribution in [2.24, 2.45) is 0 Å². The molecule has 2 heterocycles. The second-order valence-corrected chi connectivity index (χ2v) is 6.33. The fraction of sp³-hybridized carbons (Fsp3) is 0.389. The van der Waals surface area contributed by atoms with Crippen LogP contribution >= 0.6 is 0 Å². The summed E-state index contributed by atoms with van der Waals surface area (Å²) in [5.41, 5.74) is 1.28. The summed E-state index contributed by atoms with van der Waals surface area (Å²) >= 11 is 0. The molecule has 0 radical (unpaired) electrons. The minimum Gasteiger partial charge on any atom is -0.376 e. The Morgan fingerprint density at radius 1 is 1.36 bits per heavy atom.